The van der Waals surface area contributed by atoms with Gasteiger partial charge in [0.1, 0.15) is 5.88 Å². The number of aromatic nitrogens is 1. The van der Waals surface area contributed by atoms with Gasteiger partial charge in [0.05, 0.1) is 0 Å². The van der Waals surface area contributed by atoms with Gasteiger partial charge in [0.25, 0.3) is 0 Å². The molecule has 0 saturated heterocycles. The van der Waals surface area contributed by atoms with Crippen molar-refractivity contribution in [1.29, 1.82) is 0 Å². The first kappa shape index (κ1) is 11.0. The minimum absolute atomic E-state index is 0.0246. The van der Waals surface area contributed by atoms with Crippen LogP contribution in [0.25, 0.3) is 10.9 Å². The molecule has 0 spiro atoms. The molecule has 1 aromatic carbocycles. The number of aryl methyl sites for hydroxylation is 2. The minimum atomic E-state index is -0.189. The molecule has 0 unspecified atom stereocenters. The molecule has 0 aliphatic carbocycles. The second kappa shape index (κ2) is 4.18. The lowest BCUT2D eigenvalue weighted by molar-refractivity contribution is -0.113. The monoisotopic (exact) mass is 236 g/mol. The van der Waals surface area contributed by atoms with Gasteiger partial charge in [-0.2, -0.15) is 0 Å². The minimum Gasteiger partial charge on any atom is -0.358 e. The fourth-order valence-corrected chi connectivity index (χ4v) is 1.80. The molecule has 1 amide bonds. The molecule has 0 aliphatic heterocycles. The fourth-order valence-electron chi connectivity index (χ4n) is 1.73. The zero-order valence-corrected chi connectivity index (χ0v) is 9.98. The molecule has 2 rings (SSSR count). The van der Waals surface area contributed by atoms with E-state index >= 15 is 0 Å². The van der Waals surface area contributed by atoms with Crippen LogP contribution in [0.5, 0.6) is 0 Å². The van der Waals surface area contributed by atoms with Crippen molar-refractivity contribution >= 4 is 34.1 Å². The van der Waals surface area contributed by atoms with Gasteiger partial charge in [0.15, 0.2) is 0 Å². The van der Waals surface area contributed by atoms with Crippen molar-refractivity contribution in [3.63, 3.8) is 0 Å². The molecule has 0 atom stereocenters. The van der Waals surface area contributed by atoms with Crippen LogP contribution < -0.4 is 5.32 Å². The second-order valence-corrected chi connectivity index (χ2v) is 4.08. The van der Waals surface area contributed by atoms with Crippen molar-refractivity contribution in [2.45, 2.75) is 13.8 Å². The van der Waals surface area contributed by atoms with E-state index in [-0.39, 0.29) is 11.8 Å². The van der Waals surface area contributed by atoms with E-state index in [1.807, 2.05) is 25.1 Å². The smallest absolute Gasteiger partial charge is 0.239 e. The number of alkyl halides is 1. The first-order valence-corrected chi connectivity index (χ1v) is 5.60. The number of rotatable bonds is 2. The Morgan fingerprint density at radius 2 is 2.19 bits per heavy atom. The highest BCUT2D eigenvalue weighted by molar-refractivity contribution is 6.29. The van der Waals surface area contributed by atoms with Crippen LogP contribution in [0.3, 0.4) is 0 Å². The lowest BCUT2D eigenvalue weighted by Gasteiger charge is -2.03. The number of H-pyrrole nitrogens is 1. The van der Waals surface area contributed by atoms with Gasteiger partial charge < -0.3 is 10.3 Å². The van der Waals surface area contributed by atoms with E-state index in [1.165, 1.54) is 5.56 Å². The van der Waals surface area contributed by atoms with Crippen molar-refractivity contribution in [1.82, 2.24) is 4.98 Å². The maximum Gasteiger partial charge on any atom is 0.239 e. The summed E-state index contributed by atoms with van der Waals surface area (Å²) >= 11 is 5.44. The lowest BCUT2D eigenvalue weighted by atomic mass is 10.1. The number of carbonyl (C=O) groups is 1. The Morgan fingerprint density at radius 1 is 1.44 bits per heavy atom. The van der Waals surface area contributed by atoms with Crippen LogP contribution in [0.1, 0.15) is 11.3 Å². The topological polar surface area (TPSA) is 44.9 Å². The summed E-state index contributed by atoms with van der Waals surface area (Å²) in [5.41, 5.74) is 4.21. The number of benzene rings is 1. The van der Waals surface area contributed by atoms with Crippen LogP contribution in [0.4, 0.5) is 5.69 Å². The predicted molar refractivity (Wildman–Crippen MR) is 67.1 cm³/mol. The highest BCUT2D eigenvalue weighted by Gasteiger charge is 2.06. The Hall–Kier alpha value is -1.48. The molecule has 16 heavy (non-hydrogen) atoms. The van der Waals surface area contributed by atoms with Gasteiger partial charge in [-0.05, 0) is 37.6 Å². The summed E-state index contributed by atoms with van der Waals surface area (Å²) in [4.78, 5) is 14.4. The van der Waals surface area contributed by atoms with Gasteiger partial charge in [0, 0.05) is 22.3 Å². The SMILES string of the molecule is Cc1[nH]c2ccc(NC(=O)CCl)cc2c1C. The van der Waals surface area contributed by atoms with Gasteiger partial charge >= 0.3 is 0 Å². The summed E-state index contributed by atoms with van der Waals surface area (Å²) in [5.74, 6) is -0.214. The number of hydrogen-bond acceptors (Lipinski definition) is 1. The number of carbonyl (C=O) groups excluding carboxylic acids is 1. The first-order valence-electron chi connectivity index (χ1n) is 5.06. The third kappa shape index (κ3) is 1.91. The van der Waals surface area contributed by atoms with E-state index in [0.29, 0.717) is 0 Å². The van der Waals surface area contributed by atoms with Crippen molar-refractivity contribution in [3.8, 4) is 0 Å². The molecule has 0 bridgehead atoms. The number of hydrogen-bond donors (Lipinski definition) is 2. The molecule has 2 N–H and O–H groups in total. The third-order valence-electron chi connectivity index (χ3n) is 2.71. The highest BCUT2D eigenvalue weighted by Crippen LogP contribution is 2.24. The van der Waals surface area contributed by atoms with Crippen molar-refractivity contribution in [2.24, 2.45) is 0 Å². The molecule has 0 saturated carbocycles. The van der Waals surface area contributed by atoms with Gasteiger partial charge in [-0.1, -0.05) is 0 Å². The molecule has 1 heterocycles. The maximum atomic E-state index is 11.2. The molecule has 3 nitrogen and oxygen atoms in total. The Bertz CT molecular complexity index is 545. The normalized spacial score (nSPS) is 10.7. The Labute approximate surface area is 98.8 Å². The zero-order valence-electron chi connectivity index (χ0n) is 9.23. The lowest BCUT2D eigenvalue weighted by Crippen LogP contribution is -2.12. The molecule has 0 fully saturated rings. The van der Waals surface area contributed by atoms with Crippen LogP contribution in [0.15, 0.2) is 18.2 Å². The molecule has 4 heteroatoms. The summed E-state index contributed by atoms with van der Waals surface area (Å²) in [7, 11) is 0. The van der Waals surface area contributed by atoms with Crippen LogP contribution >= 0.6 is 11.6 Å². The van der Waals surface area contributed by atoms with E-state index in [4.69, 9.17) is 11.6 Å². The average molecular weight is 237 g/mol. The summed E-state index contributed by atoms with van der Waals surface area (Å²) in [5, 5.41) is 3.86. The van der Waals surface area contributed by atoms with E-state index in [2.05, 4.69) is 17.2 Å². The average Bonchev–Trinajstić information content (AvgIpc) is 2.55. The number of amides is 1. The number of halogens is 1. The van der Waals surface area contributed by atoms with Crippen molar-refractivity contribution in [3.05, 3.63) is 29.5 Å². The molecule has 1 aromatic heterocycles. The van der Waals surface area contributed by atoms with E-state index in [1.54, 1.807) is 0 Å². The predicted octanol–water partition coefficient (Wildman–Crippen LogP) is 2.96. The summed E-state index contributed by atoms with van der Waals surface area (Å²) in [6.45, 7) is 4.09. The number of fused-ring (bicyclic) bond motifs is 1. The summed E-state index contributed by atoms with van der Waals surface area (Å²) in [6.07, 6.45) is 0. The Balaban J connectivity index is 2.43. The zero-order chi connectivity index (χ0) is 11.7. The molecular weight excluding hydrogens is 224 g/mol. The molecule has 0 radical (unpaired) electrons. The Kier molecular flexibility index (Phi) is 2.88. The standard InChI is InChI=1S/C12H13ClN2O/c1-7-8(2)14-11-4-3-9(5-10(7)11)15-12(16)6-13/h3-5,14H,6H2,1-2H3,(H,15,16). The summed E-state index contributed by atoms with van der Waals surface area (Å²) < 4.78 is 0. The Morgan fingerprint density at radius 3 is 2.88 bits per heavy atom. The fraction of sp³-hybridized carbons (Fsp3) is 0.250. The third-order valence-corrected chi connectivity index (χ3v) is 2.96. The van der Waals surface area contributed by atoms with Gasteiger partial charge in [-0.15, -0.1) is 11.6 Å². The van der Waals surface area contributed by atoms with Gasteiger partial charge in [-0.25, -0.2) is 0 Å². The van der Waals surface area contributed by atoms with E-state index in [9.17, 15) is 4.79 Å². The highest BCUT2D eigenvalue weighted by atomic mass is 35.5. The largest absolute Gasteiger partial charge is 0.358 e. The van der Waals surface area contributed by atoms with Crippen LogP contribution in [0, 0.1) is 13.8 Å². The number of aromatic amines is 1. The number of nitrogens with one attached hydrogen (secondary N) is 2. The molecule has 84 valence electrons. The van der Waals surface area contributed by atoms with Crippen LogP contribution in [-0.4, -0.2) is 16.8 Å². The quantitative estimate of drug-likeness (QED) is 0.774. The van der Waals surface area contributed by atoms with E-state index < -0.39 is 0 Å². The number of anilines is 1. The molecule has 0 aliphatic rings. The van der Waals surface area contributed by atoms with Crippen LogP contribution in [0.2, 0.25) is 0 Å². The van der Waals surface area contributed by atoms with Crippen LogP contribution in [-0.2, 0) is 4.79 Å². The first-order chi connectivity index (χ1) is 7.61. The molecule has 2 aromatic rings. The van der Waals surface area contributed by atoms with E-state index in [0.717, 1.165) is 22.3 Å². The van der Waals surface area contributed by atoms with Crippen molar-refractivity contribution in [2.75, 3.05) is 11.2 Å². The molecular formula is C12H13ClN2O. The van der Waals surface area contributed by atoms with Gasteiger partial charge in [0.2, 0.25) is 5.91 Å². The van der Waals surface area contributed by atoms with Crippen molar-refractivity contribution < 1.29 is 4.79 Å². The second-order valence-electron chi connectivity index (χ2n) is 3.82. The van der Waals surface area contributed by atoms with Gasteiger partial charge in [-0.3, -0.25) is 4.79 Å². The maximum absolute atomic E-state index is 11.2. The summed E-state index contributed by atoms with van der Waals surface area (Å²) in [6, 6.07) is 5.78.